The summed E-state index contributed by atoms with van der Waals surface area (Å²) in [5.41, 5.74) is 5.74. The second-order valence-electron chi connectivity index (χ2n) is 4.28. The summed E-state index contributed by atoms with van der Waals surface area (Å²) in [6, 6.07) is 1.89. The molecule has 0 saturated carbocycles. The molecule has 3 N–H and O–H groups in total. The van der Waals surface area contributed by atoms with Crippen LogP contribution in [0.1, 0.15) is 23.0 Å². The summed E-state index contributed by atoms with van der Waals surface area (Å²) in [6.45, 7) is 1.94. The molecule has 0 fully saturated rings. The van der Waals surface area contributed by atoms with Crippen molar-refractivity contribution in [3.8, 4) is 0 Å². The first kappa shape index (κ1) is 13.1. The van der Waals surface area contributed by atoms with Crippen molar-refractivity contribution in [1.29, 1.82) is 0 Å². The zero-order chi connectivity index (χ0) is 13.3. The first-order valence-corrected chi connectivity index (χ1v) is 6.04. The van der Waals surface area contributed by atoms with Gasteiger partial charge in [-0.15, -0.1) is 0 Å². The van der Waals surface area contributed by atoms with Crippen molar-refractivity contribution in [2.45, 2.75) is 19.4 Å². The second-order valence-corrected chi connectivity index (χ2v) is 4.64. The van der Waals surface area contributed by atoms with Gasteiger partial charge < -0.3 is 0 Å². The van der Waals surface area contributed by atoms with E-state index in [0.29, 0.717) is 11.6 Å². The van der Waals surface area contributed by atoms with E-state index in [0.717, 1.165) is 17.0 Å². The first-order chi connectivity index (χ1) is 8.54. The van der Waals surface area contributed by atoms with Crippen LogP contribution in [0.3, 0.4) is 0 Å². The SMILES string of the molecule is Cc1nn(C)c(Cl)c1CC(NN)c1ccnn1C. The van der Waals surface area contributed by atoms with Crippen LogP contribution in [0.4, 0.5) is 0 Å². The van der Waals surface area contributed by atoms with Crippen LogP contribution in [0, 0.1) is 6.92 Å². The molecule has 0 aliphatic carbocycles. The summed E-state index contributed by atoms with van der Waals surface area (Å²) >= 11 is 6.23. The molecular formula is C11H17ClN6. The quantitative estimate of drug-likeness (QED) is 0.637. The highest BCUT2D eigenvalue weighted by Crippen LogP contribution is 2.25. The Kier molecular flexibility index (Phi) is 3.70. The Morgan fingerprint density at radius 1 is 1.44 bits per heavy atom. The van der Waals surface area contributed by atoms with Gasteiger partial charge in [0.2, 0.25) is 0 Å². The average molecular weight is 269 g/mol. The number of aromatic nitrogens is 4. The zero-order valence-corrected chi connectivity index (χ0v) is 11.4. The van der Waals surface area contributed by atoms with Crippen LogP contribution < -0.4 is 11.3 Å². The topological polar surface area (TPSA) is 73.7 Å². The lowest BCUT2D eigenvalue weighted by Gasteiger charge is -2.16. The van der Waals surface area contributed by atoms with Crippen molar-refractivity contribution in [1.82, 2.24) is 25.0 Å². The zero-order valence-electron chi connectivity index (χ0n) is 10.7. The Hall–Kier alpha value is -1.37. The van der Waals surface area contributed by atoms with Crippen molar-refractivity contribution < 1.29 is 0 Å². The molecule has 2 heterocycles. The fraction of sp³-hybridized carbons (Fsp3) is 0.455. The third-order valence-corrected chi connectivity index (χ3v) is 3.57. The van der Waals surface area contributed by atoms with Crippen LogP contribution in [0.5, 0.6) is 0 Å². The van der Waals surface area contributed by atoms with Gasteiger partial charge in [0.25, 0.3) is 0 Å². The van der Waals surface area contributed by atoms with Crippen molar-refractivity contribution in [2.75, 3.05) is 0 Å². The Bertz CT molecular complexity index is 544. The van der Waals surface area contributed by atoms with Crippen LogP contribution in [-0.2, 0) is 20.5 Å². The Balaban J connectivity index is 2.29. The fourth-order valence-electron chi connectivity index (χ4n) is 2.08. The Morgan fingerprint density at radius 2 is 2.17 bits per heavy atom. The van der Waals surface area contributed by atoms with E-state index >= 15 is 0 Å². The number of halogens is 1. The van der Waals surface area contributed by atoms with Crippen molar-refractivity contribution in [2.24, 2.45) is 19.9 Å². The van der Waals surface area contributed by atoms with Gasteiger partial charge in [-0.3, -0.25) is 20.6 Å². The Morgan fingerprint density at radius 3 is 2.61 bits per heavy atom. The minimum atomic E-state index is -0.0436. The van der Waals surface area contributed by atoms with Gasteiger partial charge in [-0.05, 0) is 19.4 Å². The lowest BCUT2D eigenvalue weighted by molar-refractivity contribution is 0.507. The van der Waals surface area contributed by atoms with Crippen LogP contribution in [0.15, 0.2) is 12.3 Å². The van der Waals surface area contributed by atoms with E-state index in [4.69, 9.17) is 17.4 Å². The molecule has 1 atom stereocenters. The van der Waals surface area contributed by atoms with Gasteiger partial charge in [-0.25, -0.2) is 0 Å². The minimum Gasteiger partial charge on any atom is -0.271 e. The number of nitrogens with zero attached hydrogens (tertiary/aromatic N) is 4. The smallest absolute Gasteiger partial charge is 0.130 e. The Labute approximate surface area is 111 Å². The maximum Gasteiger partial charge on any atom is 0.130 e. The maximum atomic E-state index is 6.23. The number of aryl methyl sites for hydroxylation is 3. The second kappa shape index (κ2) is 5.09. The predicted molar refractivity (Wildman–Crippen MR) is 69.9 cm³/mol. The summed E-state index contributed by atoms with van der Waals surface area (Å²) in [7, 11) is 3.71. The molecule has 0 saturated heterocycles. The normalized spacial score (nSPS) is 12.9. The molecule has 2 aromatic rings. The van der Waals surface area contributed by atoms with Gasteiger partial charge in [0.1, 0.15) is 5.15 Å². The van der Waals surface area contributed by atoms with Crippen molar-refractivity contribution >= 4 is 11.6 Å². The van der Waals surface area contributed by atoms with Gasteiger partial charge in [-0.1, -0.05) is 11.6 Å². The molecule has 2 rings (SSSR count). The van der Waals surface area contributed by atoms with E-state index in [1.165, 1.54) is 0 Å². The van der Waals surface area contributed by atoms with E-state index in [9.17, 15) is 0 Å². The number of nitrogens with two attached hydrogens (primary N) is 1. The molecular weight excluding hydrogens is 252 g/mol. The highest BCUT2D eigenvalue weighted by molar-refractivity contribution is 6.30. The molecule has 2 aromatic heterocycles. The lowest BCUT2D eigenvalue weighted by atomic mass is 10.0. The van der Waals surface area contributed by atoms with E-state index in [1.54, 1.807) is 15.6 Å². The third-order valence-electron chi connectivity index (χ3n) is 3.10. The van der Waals surface area contributed by atoms with Gasteiger partial charge in [-0.2, -0.15) is 10.2 Å². The van der Waals surface area contributed by atoms with E-state index in [1.807, 2.05) is 27.1 Å². The molecule has 0 bridgehead atoms. The van der Waals surface area contributed by atoms with Crippen LogP contribution >= 0.6 is 11.6 Å². The van der Waals surface area contributed by atoms with Gasteiger partial charge in [0.15, 0.2) is 0 Å². The van der Waals surface area contributed by atoms with Gasteiger partial charge in [0, 0.05) is 25.9 Å². The molecule has 18 heavy (non-hydrogen) atoms. The van der Waals surface area contributed by atoms with Gasteiger partial charge >= 0.3 is 0 Å². The van der Waals surface area contributed by atoms with Crippen molar-refractivity contribution in [3.05, 3.63) is 34.4 Å². The molecule has 6 nitrogen and oxygen atoms in total. The standard InChI is InChI=1S/C11H17ClN6/c1-7-8(11(12)18(3)16-7)6-9(15-13)10-4-5-14-17(10)2/h4-5,9,15H,6,13H2,1-3H3. The summed E-state index contributed by atoms with van der Waals surface area (Å²) in [4.78, 5) is 0. The number of hydrogen-bond donors (Lipinski definition) is 2. The fourth-order valence-corrected chi connectivity index (χ4v) is 2.34. The summed E-state index contributed by atoms with van der Waals surface area (Å²) in [5, 5.41) is 9.09. The molecule has 0 aromatic carbocycles. The molecule has 0 spiro atoms. The molecule has 7 heteroatoms. The number of hydrogen-bond acceptors (Lipinski definition) is 4. The molecule has 1 unspecified atom stereocenters. The summed E-state index contributed by atoms with van der Waals surface area (Å²) < 4.78 is 3.47. The highest BCUT2D eigenvalue weighted by Gasteiger charge is 2.19. The molecule has 0 radical (unpaired) electrons. The van der Waals surface area contributed by atoms with Gasteiger partial charge in [0.05, 0.1) is 17.4 Å². The van der Waals surface area contributed by atoms with E-state index < -0.39 is 0 Å². The number of rotatable bonds is 4. The van der Waals surface area contributed by atoms with Crippen molar-refractivity contribution in [3.63, 3.8) is 0 Å². The largest absolute Gasteiger partial charge is 0.271 e. The lowest BCUT2D eigenvalue weighted by Crippen LogP contribution is -2.31. The minimum absolute atomic E-state index is 0.0436. The monoisotopic (exact) mass is 268 g/mol. The molecule has 0 aliphatic rings. The van der Waals surface area contributed by atoms with E-state index in [-0.39, 0.29) is 6.04 Å². The summed E-state index contributed by atoms with van der Waals surface area (Å²) in [6.07, 6.45) is 2.42. The van der Waals surface area contributed by atoms with E-state index in [2.05, 4.69) is 15.6 Å². The molecule has 0 amide bonds. The number of hydrazine groups is 1. The predicted octanol–water partition coefficient (Wildman–Crippen LogP) is 0.863. The summed E-state index contributed by atoms with van der Waals surface area (Å²) in [5.74, 6) is 5.63. The number of nitrogens with one attached hydrogen (secondary N) is 1. The maximum absolute atomic E-state index is 6.23. The van der Waals surface area contributed by atoms with Crippen LogP contribution in [0.25, 0.3) is 0 Å². The third kappa shape index (κ3) is 2.27. The molecule has 98 valence electrons. The average Bonchev–Trinajstić information content (AvgIpc) is 2.84. The van der Waals surface area contributed by atoms with Crippen LogP contribution in [-0.4, -0.2) is 19.6 Å². The molecule has 0 aliphatic heterocycles. The highest BCUT2D eigenvalue weighted by atomic mass is 35.5. The first-order valence-electron chi connectivity index (χ1n) is 5.66. The van der Waals surface area contributed by atoms with Crippen LogP contribution in [0.2, 0.25) is 5.15 Å².